The lowest BCUT2D eigenvalue weighted by molar-refractivity contribution is 0.599. The summed E-state index contributed by atoms with van der Waals surface area (Å²) in [6.07, 6.45) is 2.66. The van der Waals surface area contributed by atoms with Crippen LogP contribution in [0.3, 0.4) is 0 Å². The average Bonchev–Trinajstić information content (AvgIpc) is 2.98. The van der Waals surface area contributed by atoms with Crippen LogP contribution in [0, 0.1) is 5.41 Å². The van der Waals surface area contributed by atoms with Gasteiger partial charge < -0.3 is 5.73 Å². The second-order valence-electron chi connectivity index (χ2n) is 5.20. The highest BCUT2D eigenvalue weighted by Crippen LogP contribution is 2.60. The first-order chi connectivity index (χ1) is 6.62. The van der Waals surface area contributed by atoms with Gasteiger partial charge in [-0.3, -0.25) is 0 Å². The van der Waals surface area contributed by atoms with E-state index in [0.29, 0.717) is 17.4 Å². The van der Waals surface area contributed by atoms with E-state index in [1.165, 1.54) is 23.4 Å². The molecule has 2 fully saturated rings. The minimum Gasteiger partial charge on any atom is -0.327 e. The topological polar surface area (TPSA) is 38.9 Å². The number of hydrogen-bond acceptors (Lipinski definition) is 3. The van der Waals surface area contributed by atoms with Crippen LogP contribution in [0.25, 0.3) is 0 Å². The lowest BCUT2D eigenvalue weighted by Gasteiger charge is -2.01. The van der Waals surface area contributed by atoms with Gasteiger partial charge in [0.05, 0.1) is 11.2 Å². The van der Waals surface area contributed by atoms with Gasteiger partial charge in [0.1, 0.15) is 0 Å². The molecule has 1 aromatic rings. The molecule has 1 heterocycles. The van der Waals surface area contributed by atoms with Crippen molar-refractivity contribution in [1.82, 2.24) is 4.98 Å². The Bertz CT molecular complexity index is 365. The number of hydrogen-bond donors (Lipinski definition) is 1. The smallest absolute Gasteiger partial charge is 0.0797 e. The van der Waals surface area contributed by atoms with Crippen molar-refractivity contribution in [3.63, 3.8) is 0 Å². The molecule has 2 saturated carbocycles. The molecule has 0 bridgehead atoms. The van der Waals surface area contributed by atoms with Crippen molar-refractivity contribution in [2.45, 2.75) is 44.6 Å². The third-order valence-corrected chi connectivity index (χ3v) is 4.71. The summed E-state index contributed by atoms with van der Waals surface area (Å²) in [5.74, 6) is 1.34. The molecule has 2 aliphatic rings. The Labute approximate surface area is 88.5 Å². The number of rotatable bonds is 2. The molecule has 14 heavy (non-hydrogen) atoms. The van der Waals surface area contributed by atoms with Crippen molar-refractivity contribution in [3.05, 3.63) is 16.1 Å². The van der Waals surface area contributed by atoms with E-state index < -0.39 is 0 Å². The zero-order valence-electron chi connectivity index (χ0n) is 8.66. The fourth-order valence-electron chi connectivity index (χ4n) is 2.34. The van der Waals surface area contributed by atoms with Crippen LogP contribution in [0.1, 0.15) is 49.1 Å². The van der Waals surface area contributed by atoms with Crippen LogP contribution < -0.4 is 5.73 Å². The lowest BCUT2D eigenvalue weighted by Crippen LogP contribution is -2.06. The standard InChI is InChI=1S/C11H16N2S/c1-11(2)7(10(11)12)9-8(6-3-4-6)13-5-14-9/h5-7,10H,3-4,12H2,1-2H3/t7-,10-/m1/s1. The second kappa shape index (κ2) is 2.58. The molecule has 0 unspecified atom stereocenters. The van der Waals surface area contributed by atoms with Crippen molar-refractivity contribution in [2.75, 3.05) is 0 Å². The van der Waals surface area contributed by atoms with Gasteiger partial charge in [0.25, 0.3) is 0 Å². The highest BCUT2D eigenvalue weighted by molar-refractivity contribution is 7.09. The first-order valence-corrected chi connectivity index (χ1v) is 6.19. The highest BCUT2D eigenvalue weighted by Gasteiger charge is 2.58. The Morgan fingerprint density at radius 1 is 1.50 bits per heavy atom. The summed E-state index contributed by atoms with van der Waals surface area (Å²) in [5, 5.41) is 0. The van der Waals surface area contributed by atoms with E-state index in [9.17, 15) is 0 Å². The molecule has 2 aliphatic carbocycles. The Morgan fingerprint density at radius 3 is 2.64 bits per heavy atom. The molecule has 3 heteroatoms. The van der Waals surface area contributed by atoms with Gasteiger partial charge in [0, 0.05) is 22.8 Å². The maximum absolute atomic E-state index is 6.10. The molecule has 0 radical (unpaired) electrons. The summed E-state index contributed by atoms with van der Waals surface area (Å²) in [5.41, 5.74) is 9.76. The molecule has 2 atom stereocenters. The van der Waals surface area contributed by atoms with E-state index in [4.69, 9.17) is 5.73 Å². The summed E-state index contributed by atoms with van der Waals surface area (Å²) < 4.78 is 0. The fourth-order valence-corrected chi connectivity index (χ4v) is 3.56. The molecule has 0 spiro atoms. The molecule has 2 nitrogen and oxygen atoms in total. The van der Waals surface area contributed by atoms with Crippen molar-refractivity contribution < 1.29 is 0 Å². The van der Waals surface area contributed by atoms with Gasteiger partial charge in [0.2, 0.25) is 0 Å². The Kier molecular flexibility index (Phi) is 1.63. The van der Waals surface area contributed by atoms with Crippen molar-refractivity contribution >= 4 is 11.3 Å². The van der Waals surface area contributed by atoms with Crippen LogP contribution in [0.15, 0.2) is 5.51 Å². The SMILES string of the molecule is CC1(C)[C@H](N)[C@H]1c1scnc1C1CC1. The minimum atomic E-state index is 0.302. The second-order valence-corrected chi connectivity index (χ2v) is 6.09. The van der Waals surface area contributed by atoms with Gasteiger partial charge in [-0.05, 0) is 18.3 Å². The number of aromatic nitrogens is 1. The summed E-state index contributed by atoms with van der Waals surface area (Å²) in [6, 6.07) is 0.348. The minimum absolute atomic E-state index is 0.302. The third-order valence-electron chi connectivity index (χ3n) is 3.78. The van der Waals surface area contributed by atoms with Crippen molar-refractivity contribution in [1.29, 1.82) is 0 Å². The molecule has 76 valence electrons. The lowest BCUT2D eigenvalue weighted by atomic mass is 10.1. The van der Waals surface area contributed by atoms with E-state index >= 15 is 0 Å². The summed E-state index contributed by atoms with van der Waals surface area (Å²) in [7, 11) is 0. The normalized spacial score (nSPS) is 34.5. The van der Waals surface area contributed by atoms with E-state index in [0.717, 1.165) is 5.92 Å². The summed E-state index contributed by atoms with van der Waals surface area (Å²) in [6.45, 7) is 4.53. The molecular formula is C11H16N2S. The van der Waals surface area contributed by atoms with E-state index in [1.54, 1.807) is 11.3 Å². The van der Waals surface area contributed by atoms with Crippen molar-refractivity contribution in [2.24, 2.45) is 11.1 Å². The van der Waals surface area contributed by atoms with E-state index in [1.807, 2.05) is 5.51 Å². The highest BCUT2D eigenvalue weighted by atomic mass is 32.1. The first kappa shape index (κ1) is 8.86. The van der Waals surface area contributed by atoms with Crippen LogP contribution in [0.4, 0.5) is 0 Å². The molecule has 1 aromatic heterocycles. The monoisotopic (exact) mass is 208 g/mol. The van der Waals surface area contributed by atoms with E-state index in [-0.39, 0.29) is 0 Å². The van der Waals surface area contributed by atoms with Crippen LogP contribution in [-0.4, -0.2) is 11.0 Å². The molecule has 3 rings (SSSR count). The predicted molar refractivity (Wildman–Crippen MR) is 58.6 cm³/mol. The number of nitrogens with two attached hydrogens (primary N) is 1. The van der Waals surface area contributed by atoms with Crippen LogP contribution in [-0.2, 0) is 0 Å². The molecule has 0 saturated heterocycles. The van der Waals surface area contributed by atoms with Gasteiger partial charge in [-0.25, -0.2) is 4.98 Å². The van der Waals surface area contributed by atoms with Gasteiger partial charge in [0.15, 0.2) is 0 Å². The summed E-state index contributed by atoms with van der Waals surface area (Å²) >= 11 is 1.80. The quantitative estimate of drug-likeness (QED) is 0.811. The molecule has 2 N–H and O–H groups in total. The zero-order valence-corrected chi connectivity index (χ0v) is 9.47. The van der Waals surface area contributed by atoms with E-state index in [2.05, 4.69) is 18.8 Å². The molecular weight excluding hydrogens is 192 g/mol. The first-order valence-electron chi connectivity index (χ1n) is 5.31. The average molecular weight is 208 g/mol. The summed E-state index contributed by atoms with van der Waals surface area (Å²) in [4.78, 5) is 5.98. The maximum atomic E-state index is 6.10. The predicted octanol–water partition coefficient (Wildman–Crippen LogP) is 2.47. The Morgan fingerprint density at radius 2 is 2.14 bits per heavy atom. The van der Waals surface area contributed by atoms with Crippen molar-refractivity contribution in [3.8, 4) is 0 Å². The van der Waals surface area contributed by atoms with Crippen LogP contribution in [0.5, 0.6) is 0 Å². The molecule has 0 aliphatic heterocycles. The van der Waals surface area contributed by atoms with Gasteiger partial charge in [-0.1, -0.05) is 13.8 Å². The third kappa shape index (κ3) is 1.09. The molecule has 0 aromatic carbocycles. The zero-order chi connectivity index (χ0) is 9.92. The van der Waals surface area contributed by atoms with Crippen LogP contribution in [0.2, 0.25) is 0 Å². The van der Waals surface area contributed by atoms with Gasteiger partial charge >= 0.3 is 0 Å². The van der Waals surface area contributed by atoms with Gasteiger partial charge in [-0.15, -0.1) is 11.3 Å². The number of thiazole rings is 1. The maximum Gasteiger partial charge on any atom is 0.0797 e. The van der Waals surface area contributed by atoms with Gasteiger partial charge in [-0.2, -0.15) is 0 Å². The van der Waals surface area contributed by atoms with Crippen LogP contribution >= 0.6 is 11.3 Å². The number of nitrogens with zero attached hydrogens (tertiary/aromatic N) is 1. The largest absolute Gasteiger partial charge is 0.327 e. The fraction of sp³-hybridized carbons (Fsp3) is 0.727. The molecule has 0 amide bonds. The Hall–Kier alpha value is -0.410. The Balaban J connectivity index is 1.94.